The van der Waals surface area contributed by atoms with Gasteiger partial charge in [-0.15, -0.1) is 0 Å². The van der Waals surface area contributed by atoms with Crippen LogP contribution < -0.4 is 9.47 Å². The topological polar surface area (TPSA) is 78.0 Å². The van der Waals surface area contributed by atoms with Gasteiger partial charge in [-0.3, -0.25) is 14.6 Å². The summed E-state index contributed by atoms with van der Waals surface area (Å²) in [7, 11) is 4.50. The van der Waals surface area contributed by atoms with Crippen molar-refractivity contribution in [2.75, 3.05) is 27.9 Å². The van der Waals surface area contributed by atoms with Gasteiger partial charge in [0.25, 0.3) is 0 Å². The van der Waals surface area contributed by atoms with Gasteiger partial charge in [0.05, 0.1) is 27.8 Å². The largest absolute Gasteiger partial charge is 0.493 e. The minimum Gasteiger partial charge on any atom is -0.493 e. The molecule has 1 heterocycles. The Kier molecular flexibility index (Phi) is 8.27. The second-order valence-electron chi connectivity index (χ2n) is 6.19. The minimum absolute atomic E-state index is 0.0319. The highest BCUT2D eigenvalue weighted by Crippen LogP contribution is 2.28. The Bertz CT molecular complexity index is 780. The Morgan fingerprint density at radius 1 is 0.929 bits per heavy atom. The number of amides is 1. The van der Waals surface area contributed by atoms with E-state index >= 15 is 0 Å². The molecule has 0 radical (unpaired) electrons. The molecule has 7 heteroatoms. The standard InChI is InChI=1S/C21H26N2O5/c1-26-18-6-4-16(14-19(18)27-2)5-7-20(24)23(13-10-21(25)28-3)15-17-8-11-22-12-9-17/h4,6,8-9,11-12,14H,5,7,10,13,15H2,1-3H3. The molecule has 0 N–H and O–H groups in total. The van der Waals surface area contributed by atoms with Crippen molar-refractivity contribution in [1.29, 1.82) is 0 Å². The number of methoxy groups -OCH3 is 3. The van der Waals surface area contributed by atoms with Gasteiger partial charge < -0.3 is 19.1 Å². The van der Waals surface area contributed by atoms with Gasteiger partial charge in [0.2, 0.25) is 5.91 Å². The molecule has 28 heavy (non-hydrogen) atoms. The molecule has 1 aromatic carbocycles. The van der Waals surface area contributed by atoms with E-state index in [0.29, 0.717) is 37.4 Å². The molecule has 0 atom stereocenters. The van der Waals surface area contributed by atoms with Crippen molar-refractivity contribution in [1.82, 2.24) is 9.88 Å². The molecule has 0 aliphatic heterocycles. The highest BCUT2D eigenvalue weighted by atomic mass is 16.5. The van der Waals surface area contributed by atoms with Crippen molar-refractivity contribution in [3.8, 4) is 11.5 Å². The molecule has 0 spiro atoms. The first-order valence-electron chi connectivity index (χ1n) is 9.01. The molecule has 2 rings (SSSR count). The lowest BCUT2D eigenvalue weighted by Gasteiger charge is -2.22. The van der Waals surface area contributed by atoms with Crippen LogP contribution in [0.25, 0.3) is 0 Å². The molecule has 2 aromatic rings. The normalized spacial score (nSPS) is 10.2. The van der Waals surface area contributed by atoms with Crippen LogP contribution in [0.1, 0.15) is 24.0 Å². The van der Waals surface area contributed by atoms with Gasteiger partial charge in [0.15, 0.2) is 11.5 Å². The van der Waals surface area contributed by atoms with Crippen LogP contribution in [-0.2, 0) is 27.3 Å². The number of ether oxygens (including phenoxy) is 3. The van der Waals surface area contributed by atoms with E-state index in [1.54, 1.807) is 31.5 Å². The zero-order chi connectivity index (χ0) is 20.4. The smallest absolute Gasteiger partial charge is 0.307 e. The van der Waals surface area contributed by atoms with Gasteiger partial charge in [0, 0.05) is 31.9 Å². The van der Waals surface area contributed by atoms with E-state index in [4.69, 9.17) is 14.2 Å². The summed E-state index contributed by atoms with van der Waals surface area (Å²) in [5, 5.41) is 0. The highest BCUT2D eigenvalue weighted by molar-refractivity contribution is 5.77. The molecule has 7 nitrogen and oxygen atoms in total. The number of hydrogen-bond acceptors (Lipinski definition) is 6. The number of aryl methyl sites for hydroxylation is 1. The van der Waals surface area contributed by atoms with Crippen LogP contribution in [-0.4, -0.2) is 49.6 Å². The SMILES string of the molecule is COC(=O)CCN(Cc1ccncc1)C(=O)CCc1ccc(OC)c(OC)c1. The predicted octanol–water partition coefficient (Wildman–Crippen LogP) is 2.62. The minimum atomic E-state index is -0.340. The van der Waals surface area contributed by atoms with Crippen molar-refractivity contribution in [2.24, 2.45) is 0 Å². The molecule has 0 aliphatic rings. The number of carbonyl (C=O) groups is 2. The second-order valence-corrected chi connectivity index (χ2v) is 6.19. The van der Waals surface area contributed by atoms with E-state index in [1.165, 1.54) is 7.11 Å². The molecule has 0 fully saturated rings. The van der Waals surface area contributed by atoms with Crippen LogP contribution in [0.4, 0.5) is 0 Å². The fourth-order valence-corrected chi connectivity index (χ4v) is 2.77. The summed E-state index contributed by atoms with van der Waals surface area (Å²) in [4.78, 5) is 30.0. The van der Waals surface area contributed by atoms with Crippen LogP contribution in [0.15, 0.2) is 42.7 Å². The van der Waals surface area contributed by atoms with Crippen molar-refractivity contribution in [3.63, 3.8) is 0 Å². The quantitative estimate of drug-likeness (QED) is 0.584. The maximum atomic E-state index is 12.8. The Balaban J connectivity index is 2.03. The van der Waals surface area contributed by atoms with Gasteiger partial charge in [-0.05, 0) is 41.8 Å². The maximum absolute atomic E-state index is 12.8. The van der Waals surface area contributed by atoms with Crippen molar-refractivity contribution >= 4 is 11.9 Å². The Hall–Kier alpha value is -3.09. The molecule has 1 amide bonds. The maximum Gasteiger partial charge on any atom is 0.307 e. The third-order valence-electron chi connectivity index (χ3n) is 4.36. The Morgan fingerprint density at radius 3 is 2.29 bits per heavy atom. The number of rotatable bonds is 10. The first-order chi connectivity index (χ1) is 13.6. The third kappa shape index (κ3) is 6.26. The molecular formula is C21H26N2O5. The van der Waals surface area contributed by atoms with Crippen LogP contribution in [0.2, 0.25) is 0 Å². The predicted molar refractivity (Wildman–Crippen MR) is 104 cm³/mol. The monoisotopic (exact) mass is 386 g/mol. The molecule has 0 unspecified atom stereocenters. The van der Waals surface area contributed by atoms with Gasteiger partial charge >= 0.3 is 5.97 Å². The van der Waals surface area contributed by atoms with Crippen molar-refractivity contribution in [2.45, 2.75) is 25.8 Å². The van der Waals surface area contributed by atoms with Gasteiger partial charge in [0.1, 0.15) is 0 Å². The molecule has 0 saturated heterocycles. The zero-order valence-corrected chi connectivity index (χ0v) is 16.5. The van der Waals surface area contributed by atoms with E-state index in [-0.39, 0.29) is 18.3 Å². The lowest BCUT2D eigenvalue weighted by atomic mass is 10.1. The second kappa shape index (κ2) is 10.9. The number of esters is 1. The first kappa shape index (κ1) is 21.2. The Morgan fingerprint density at radius 2 is 1.64 bits per heavy atom. The summed E-state index contributed by atoms with van der Waals surface area (Å²) in [5.74, 6) is 0.907. The van der Waals surface area contributed by atoms with E-state index in [9.17, 15) is 9.59 Å². The molecule has 1 aromatic heterocycles. The van der Waals surface area contributed by atoms with Gasteiger partial charge in [-0.25, -0.2) is 0 Å². The number of carbonyl (C=O) groups excluding carboxylic acids is 2. The fourth-order valence-electron chi connectivity index (χ4n) is 2.77. The van der Waals surface area contributed by atoms with Crippen LogP contribution in [0, 0.1) is 0 Å². The van der Waals surface area contributed by atoms with Crippen molar-refractivity contribution < 1.29 is 23.8 Å². The number of benzene rings is 1. The van der Waals surface area contributed by atoms with Crippen LogP contribution in [0.5, 0.6) is 11.5 Å². The van der Waals surface area contributed by atoms with Crippen LogP contribution >= 0.6 is 0 Å². The van der Waals surface area contributed by atoms with E-state index < -0.39 is 0 Å². The molecule has 0 bridgehead atoms. The third-order valence-corrected chi connectivity index (χ3v) is 4.36. The van der Waals surface area contributed by atoms with E-state index in [1.807, 2.05) is 30.3 Å². The summed E-state index contributed by atoms with van der Waals surface area (Å²) in [6.45, 7) is 0.726. The summed E-state index contributed by atoms with van der Waals surface area (Å²) < 4.78 is 15.2. The number of aromatic nitrogens is 1. The molecule has 0 saturated carbocycles. The van der Waals surface area contributed by atoms with E-state index in [0.717, 1.165) is 11.1 Å². The average Bonchev–Trinajstić information content (AvgIpc) is 2.74. The average molecular weight is 386 g/mol. The highest BCUT2D eigenvalue weighted by Gasteiger charge is 2.16. The number of hydrogen-bond donors (Lipinski definition) is 0. The summed E-state index contributed by atoms with van der Waals surface area (Å²) >= 11 is 0. The zero-order valence-electron chi connectivity index (χ0n) is 16.5. The lowest BCUT2D eigenvalue weighted by molar-refractivity contribution is -0.142. The van der Waals surface area contributed by atoms with Gasteiger partial charge in [-0.1, -0.05) is 6.07 Å². The molecule has 0 aliphatic carbocycles. The summed E-state index contributed by atoms with van der Waals surface area (Å²) in [5.41, 5.74) is 1.93. The number of nitrogens with zero attached hydrogens (tertiary/aromatic N) is 2. The molecular weight excluding hydrogens is 360 g/mol. The fraction of sp³-hybridized carbons (Fsp3) is 0.381. The summed E-state index contributed by atoms with van der Waals surface area (Å²) in [6.07, 6.45) is 4.40. The first-order valence-corrected chi connectivity index (χ1v) is 9.01. The lowest BCUT2D eigenvalue weighted by Crippen LogP contribution is -2.33. The number of pyridine rings is 1. The van der Waals surface area contributed by atoms with Crippen molar-refractivity contribution in [3.05, 3.63) is 53.9 Å². The molecule has 150 valence electrons. The summed E-state index contributed by atoms with van der Waals surface area (Å²) in [6, 6.07) is 9.31. The van der Waals surface area contributed by atoms with Crippen LogP contribution in [0.3, 0.4) is 0 Å². The Labute approximate surface area is 165 Å². The van der Waals surface area contributed by atoms with Gasteiger partial charge in [-0.2, -0.15) is 0 Å². The van der Waals surface area contributed by atoms with E-state index in [2.05, 4.69) is 4.98 Å².